The number of hydrogen-bond acceptors (Lipinski definition) is 2. The molecule has 0 saturated heterocycles. The molecule has 0 atom stereocenters. The Balaban J connectivity index is 2.35. The average molecular weight is 316 g/mol. The Labute approximate surface area is 120 Å². The molecule has 0 spiro atoms. The molecule has 0 unspecified atom stereocenters. The van der Waals surface area contributed by atoms with E-state index in [0.717, 1.165) is 21.2 Å². The van der Waals surface area contributed by atoms with Gasteiger partial charge in [0.15, 0.2) is 0 Å². The Bertz CT molecular complexity index is 754. The van der Waals surface area contributed by atoms with Gasteiger partial charge in [-0.3, -0.25) is 4.57 Å². The molecule has 0 aliphatic heterocycles. The third-order valence-electron chi connectivity index (χ3n) is 3.11. The number of anilines is 1. The minimum absolute atomic E-state index is 0.512. The summed E-state index contributed by atoms with van der Waals surface area (Å²) in [4.78, 5) is 4.41. The van der Waals surface area contributed by atoms with Gasteiger partial charge in [0.1, 0.15) is 0 Å². The molecule has 19 heavy (non-hydrogen) atoms. The van der Waals surface area contributed by atoms with Crippen LogP contribution in [0.2, 0.25) is 0 Å². The summed E-state index contributed by atoms with van der Waals surface area (Å²) in [6, 6.07) is 12.4. The fraction of sp³-hybridized carbons (Fsp3) is 0.133. The first-order valence-electron chi connectivity index (χ1n) is 6.07. The quantitative estimate of drug-likeness (QED) is 0.738. The zero-order chi connectivity index (χ0) is 13.6. The van der Waals surface area contributed by atoms with Crippen LogP contribution in [0.1, 0.15) is 11.1 Å². The van der Waals surface area contributed by atoms with Crippen molar-refractivity contribution in [1.82, 2.24) is 9.55 Å². The molecule has 2 aromatic carbocycles. The molecule has 0 aliphatic carbocycles. The van der Waals surface area contributed by atoms with E-state index in [1.54, 1.807) is 0 Å². The van der Waals surface area contributed by atoms with Crippen molar-refractivity contribution in [2.75, 3.05) is 5.73 Å². The lowest BCUT2D eigenvalue weighted by atomic mass is 10.1. The molecule has 0 radical (unpaired) electrons. The standard InChI is InChI=1S/C15H14BrN3/c1-9-5-10(2)7-12(6-9)19-14-8-11(16)3-4-13(14)18-15(19)17/h3-8H,1-2H3,(H2,17,18). The molecule has 2 N–H and O–H groups in total. The molecule has 0 aliphatic rings. The average Bonchev–Trinajstić information content (AvgIpc) is 2.63. The second-order valence-electron chi connectivity index (χ2n) is 4.78. The van der Waals surface area contributed by atoms with E-state index in [4.69, 9.17) is 5.73 Å². The molecule has 4 heteroatoms. The smallest absolute Gasteiger partial charge is 0.205 e. The van der Waals surface area contributed by atoms with Gasteiger partial charge in [-0.25, -0.2) is 4.98 Å². The summed E-state index contributed by atoms with van der Waals surface area (Å²) in [5.41, 5.74) is 11.5. The van der Waals surface area contributed by atoms with E-state index in [1.165, 1.54) is 11.1 Å². The Morgan fingerprint density at radius 1 is 1.05 bits per heavy atom. The highest BCUT2D eigenvalue weighted by atomic mass is 79.9. The molecule has 0 saturated carbocycles. The number of aryl methyl sites for hydroxylation is 2. The van der Waals surface area contributed by atoms with Crippen LogP contribution in [0.3, 0.4) is 0 Å². The fourth-order valence-electron chi connectivity index (χ4n) is 2.42. The van der Waals surface area contributed by atoms with Crippen molar-refractivity contribution in [1.29, 1.82) is 0 Å². The van der Waals surface area contributed by atoms with E-state index < -0.39 is 0 Å². The Kier molecular flexibility index (Phi) is 2.82. The van der Waals surface area contributed by atoms with Crippen LogP contribution in [0.5, 0.6) is 0 Å². The number of nitrogens with zero attached hydrogens (tertiary/aromatic N) is 2. The predicted molar refractivity (Wildman–Crippen MR) is 82.7 cm³/mol. The minimum Gasteiger partial charge on any atom is -0.369 e. The first-order chi connectivity index (χ1) is 9.04. The molecule has 3 nitrogen and oxygen atoms in total. The van der Waals surface area contributed by atoms with E-state index in [2.05, 4.69) is 53.0 Å². The van der Waals surface area contributed by atoms with Crippen molar-refractivity contribution in [2.24, 2.45) is 0 Å². The van der Waals surface area contributed by atoms with Gasteiger partial charge in [0.2, 0.25) is 5.95 Å². The summed E-state index contributed by atoms with van der Waals surface area (Å²) in [5.74, 6) is 0.512. The fourth-order valence-corrected chi connectivity index (χ4v) is 2.77. The van der Waals surface area contributed by atoms with E-state index in [1.807, 2.05) is 22.8 Å². The van der Waals surface area contributed by atoms with Gasteiger partial charge in [0.25, 0.3) is 0 Å². The van der Waals surface area contributed by atoms with Gasteiger partial charge in [-0.15, -0.1) is 0 Å². The Morgan fingerprint density at radius 2 is 1.74 bits per heavy atom. The lowest BCUT2D eigenvalue weighted by Crippen LogP contribution is -2.01. The largest absolute Gasteiger partial charge is 0.369 e. The maximum atomic E-state index is 6.07. The van der Waals surface area contributed by atoms with Crippen LogP contribution < -0.4 is 5.73 Å². The first kappa shape index (κ1) is 12.2. The lowest BCUT2D eigenvalue weighted by Gasteiger charge is -2.09. The van der Waals surface area contributed by atoms with Crippen LogP contribution in [0, 0.1) is 13.8 Å². The van der Waals surface area contributed by atoms with Gasteiger partial charge in [-0.2, -0.15) is 0 Å². The van der Waals surface area contributed by atoms with Crippen LogP contribution in [0.15, 0.2) is 40.9 Å². The van der Waals surface area contributed by atoms with Gasteiger partial charge in [0.05, 0.1) is 11.0 Å². The van der Waals surface area contributed by atoms with Gasteiger partial charge < -0.3 is 5.73 Å². The number of aromatic nitrogens is 2. The molecule has 3 aromatic rings. The molecule has 1 aromatic heterocycles. The summed E-state index contributed by atoms with van der Waals surface area (Å²) in [5, 5.41) is 0. The molecule has 3 rings (SSSR count). The lowest BCUT2D eigenvalue weighted by molar-refractivity contribution is 1.10. The number of nitrogens with two attached hydrogens (primary N) is 1. The highest BCUT2D eigenvalue weighted by Crippen LogP contribution is 2.26. The van der Waals surface area contributed by atoms with Crippen LogP contribution in [0.4, 0.5) is 5.95 Å². The number of halogens is 1. The highest BCUT2D eigenvalue weighted by molar-refractivity contribution is 9.10. The van der Waals surface area contributed by atoms with Crippen molar-refractivity contribution in [3.63, 3.8) is 0 Å². The topological polar surface area (TPSA) is 43.8 Å². The van der Waals surface area contributed by atoms with Crippen molar-refractivity contribution in [3.8, 4) is 5.69 Å². The number of imidazole rings is 1. The number of benzene rings is 2. The molecule has 0 fully saturated rings. The summed E-state index contributed by atoms with van der Waals surface area (Å²) < 4.78 is 3.01. The summed E-state index contributed by atoms with van der Waals surface area (Å²) in [6.45, 7) is 4.17. The summed E-state index contributed by atoms with van der Waals surface area (Å²) in [7, 11) is 0. The third-order valence-corrected chi connectivity index (χ3v) is 3.60. The highest BCUT2D eigenvalue weighted by Gasteiger charge is 2.10. The van der Waals surface area contributed by atoms with Crippen molar-refractivity contribution in [2.45, 2.75) is 13.8 Å². The third kappa shape index (κ3) is 2.12. The molecule has 0 bridgehead atoms. The molecule has 0 amide bonds. The van der Waals surface area contributed by atoms with Crippen molar-refractivity contribution >= 4 is 32.9 Å². The second-order valence-corrected chi connectivity index (χ2v) is 5.70. The van der Waals surface area contributed by atoms with Crippen molar-refractivity contribution < 1.29 is 0 Å². The number of nitrogen functional groups attached to an aromatic ring is 1. The van der Waals surface area contributed by atoms with Crippen molar-refractivity contribution in [3.05, 3.63) is 52.0 Å². The predicted octanol–water partition coefficient (Wildman–Crippen LogP) is 3.99. The second kappa shape index (κ2) is 4.38. The van der Waals surface area contributed by atoms with E-state index in [-0.39, 0.29) is 0 Å². The minimum atomic E-state index is 0.512. The zero-order valence-electron chi connectivity index (χ0n) is 10.8. The first-order valence-corrected chi connectivity index (χ1v) is 6.86. The Morgan fingerprint density at radius 3 is 2.42 bits per heavy atom. The molecular weight excluding hydrogens is 302 g/mol. The van der Waals surface area contributed by atoms with Gasteiger partial charge in [-0.05, 0) is 55.3 Å². The molecule has 96 valence electrons. The van der Waals surface area contributed by atoms with E-state index in [0.29, 0.717) is 5.95 Å². The van der Waals surface area contributed by atoms with Gasteiger partial charge in [-0.1, -0.05) is 22.0 Å². The maximum absolute atomic E-state index is 6.07. The van der Waals surface area contributed by atoms with E-state index >= 15 is 0 Å². The SMILES string of the molecule is Cc1cc(C)cc(-n2c(N)nc3ccc(Br)cc32)c1. The monoisotopic (exact) mass is 315 g/mol. The summed E-state index contributed by atoms with van der Waals surface area (Å²) >= 11 is 3.50. The van der Waals surface area contributed by atoms with Gasteiger partial charge in [0, 0.05) is 10.2 Å². The number of hydrogen-bond donors (Lipinski definition) is 1. The van der Waals surface area contributed by atoms with Crippen LogP contribution in [-0.2, 0) is 0 Å². The zero-order valence-corrected chi connectivity index (χ0v) is 12.4. The maximum Gasteiger partial charge on any atom is 0.205 e. The van der Waals surface area contributed by atoms with Crippen LogP contribution >= 0.6 is 15.9 Å². The summed E-state index contributed by atoms with van der Waals surface area (Å²) in [6.07, 6.45) is 0. The molecule has 1 heterocycles. The number of rotatable bonds is 1. The normalized spacial score (nSPS) is 11.1. The van der Waals surface area contributed by atoms with Gasteiger partial charge >= 0.3 is 0 Å². The van der Waals surface area contributed by atoms with Crippen LogP contribution in [0.25, 0.3) is 16.7 Å². The van der Waals surface area contributed by atoms with Crippen LogP contribution in [-0.4, -0.2) is 9.55 Å². The number of fused-ring (bicyclic) bond motifs is 1. The molecular formula is C15H14BrN3. The Hall–Kier alpha value is -1.81. The van der Waals surface area contributed by atoms with E-state index in [9.17, 15) is 0 Å².